The SMILES string of the molecule is C=CCN(C)S(=O)(=O)c1sccc1Br. The zero-order valence-electron chi connectivity index (χ0n) is 7.60. The van der Waals surface area contributed by atoms with Crippen LogP contribution in [-0.2, 0) is 10.0 Å². The van der Waals surface area contributed by atoms with Gasteiger partial charge >= 0.3 is 0 Å². The fraction of sp³-hybridized carbons (Fsp3) is 0.250. The highest BCUT2D eigenvalue weighted by Gasteiger charge is 2.23. The largest absolute Gasteiger partial charge is 0.253 e. The molecule has 14 heavy (non-hydrogen) atoms. The summed E-state index contributed by atoms with van der Waals surface area (Å²) in [5.74, 6) is 0. The summed E-state index contributed by atoms with van der Waals surface area (Å²) in [6.45, 7) is 3.82. The quantitative estimate of drug-likeness (QED) is 0.800. The highest BCUT2D eigenvalue weighted by atomic mass is 79.9. The van der Waals surface area contributed by atoms with Gasteiger partial charge in [0.2, 0.25) is 0 Å². The fourth-order valence-electron chi connectivity index (χ4n) is 0.885. The molecule has 1 aromatic heterocycles. The molecule has 0 N–H and O–H groups in total. The van der Waals surface area contributed by atoms with Crippen molar-refractivity contribution >= 4 is 37.3 Å². The molecule has 6 heteroatoms. The van der Waals surface area contributed by atoms with Gasteiger partial charge in [0.25, 0.3) is 10.0 Å². The smallest absolute Gasteiger partial charge is 0.206 e. The molecule has 0 bridgehead atoms. The Morgan fingerprint density at radius 2 is 2.36 bits per heavy atom. The van der Waals surface area contributed by atoms with Crippen LogP contribution in [0.4, 0.5) is 0 Å². The number of rotatable bonds is 4. The predicted octanol–water partition coefficient (Wildman–Crippen LogP) is 2.32. The van der Waals surface area contributed by atoms with Crippen molar-refractivity contribution in [1.29, 1.82) is 0 Å². The average molecular weight is 296 g/mol. The van der Waals surface area contributed by atoms with Gasteiger partial charge in [-0.05, 0) is 27.4 Å². The number of nitrogens with zero attached hydrogens (tertiary/aromatic N) is 1. The van der Waals surface area contributed by atoms with Crippen molar-refractivity contribution < 1.29 is 8.42 Å². The Hall–Kier alpha value is -0.170. The molecule has 0 aliphatic heterocycles. The first-order valence-corrected chi connectivity index (χ1v) is 6.91. The van der Waals surface area contributed by atoms with E-state index in [1.807, 2.05) is 0 Å². The first-order valence-electron chi connectivity index (χ1n) is 3.80. The third-order valence-electron chi connectivity index (χ3n) is 1.62. The molecule has 1 heterocycles. The summed E-state index contributed by atoms with van der Waals surface area (Å²) in [5, 5.41) is 1.73. The van der Waals surface area contributed by atoms with E-state index >= 15 is 0 Å². The number of sulfonamides is 1. The van der Waals surface area contributed by atoms with Gasteiger partial charge in [0, 0.05) is 18.1 Å². The van der Waals surface area contributed by atoms with Crippen molar-refractivity contribution in [3.05, 3.63) is 28.6 Å². The van der Waals surface area contributed by atoms with E-state index in [1.54, 1.807) is 17.5 Å². The number of hydrogen-bond acceptors (Lipinski definition) is 3. The van der Waals surface area contributed by atoms with Crippen LogP contribution in [0.1, 0.15) is 0 Å². The summed E-state index contributed by atoms with van der Waals surface area (Å²) >= 11 is 4.40. The van der Waals surface area contributed by atoms with E-state index in [9.17, 15) is 8.42 Å². The molecule has 78 valence electrons. The zero-order chi connectivity index (χ0) is 10.8. The Morgan fingerprint density at radius 3 is 2.79 bits per heavy atom. The van der Waals surface area contributed by atoms with E-state index in [2.05, 4.69) is 22.5 Å². The van der Waals surface area contributed by atoms with E-state index in [-0.39, 0.29) is 0 Å². The van der Waals surface area contributed by atoms with E-state index in [4.69, 9.17) is 0 Å². The summed E-state index contributed by atoms with van der Waals surface area (Å²) < 4.78 is 25.9. The number of halogens is 1. The van der Waals surface area contributed by atoms with Crippen LogP contribution in [-0.4, -0.2) is 26.3 Å². The van der Waals surface area contributed by atoms with Crippen molar-refractivity contribution in [1.82, 2.24) is 4.31 Å². The van der Waals surface area contributed by atoms with Gasteiger partial charge in [-0.1, -0.05) is 6.08 Å². The molecule has 0 atom stereocenters. The number of hydrogen-bond donors (Lipinski definition) is 0. The molecular formula is C8H10BrNO2S2. The summed E-state index contributed by atoms with van der Waals surface area (Å²) in [6, 6.07) is 1.72. The van der Waals surface area contributed by atoms with Crippen LogP contribution >= 0.6 is 27.3 Å². The van der Waals surface area contributed by atoms with E-state index in [1.165, 1.54) is 22.7 Å². The van der Waals surface area contributed by atoms with Gasteiger partial charge in [-0.3, -0.25) is 0 Å². The molecule has 0 aliphatic rings. The molecule has 1 aromatic rings. The van der Waals surface area contributed by atoms with Crippen LogP contribution in [0.5, 0.6) is 0 Å². The summed E-state index contributed by atoms with van der Waals surface area (Å²) in [7, 11) is -1.82. The topological polar surface area (TPSA) is 37.4 Å². The Kier molecular flexibility index (Phi) is 3.88. The molecule has 3 nitrogen and oxygen atoms in total. The summed E-state index contributed by atoms with van der Waals surface area (Å²) in [5.41, 5.74) is 0. The van der Waals surface area contributed by atoms with Crippen LogP contribution in [0.15, 0.2) is 32.8 Å². The molecule has 1 rings (SSSR count). The molecular weight excluding hydrogens is 286 g/mol. The first kappa shape index (κ1) is 11.9. The second-order valence-electron chi connectivity index (χ2n) is 2.63. The maximum Gasteiger partial charge on any atom is 0.253 e. The second-order valence-corrected chi connectivity index (χ2v) is 6.64. The van der Waals surface area contributed by atoms with E-state index in [0.29, 0.717) is 15.2 Å². The second kappa shape index (κ2) is 4.57. The summed E-state index contributed by atoms with van der Waals surface area (Å²) in [4.78, 5) is 0. The molecule has 0 spiro atoms. The van der Waals surface area contributed by atoms with Crippen molar-refractivity contribution in [3.63, 3.8) is 0 Å². The van der Waals surface area contributed by atoms with Gasteiger partial charge in [-0.2, -0.15) is 4.31 Å². The number of thiophene rings is 1. The molecule has 0 fully saturated rings. The minimum absolute atomic E-state index is 0.312. The molecule has 0 amide bonds. The molecule has 0 saturated heterocycles. The Balaban J connectivity index is 3.08. The Morgan fingerprint density at radius 1 is 1.71 bits per heavy atom. The third kappa shape index (κ3) is 2.25. The molecule has 0 unspecified atom stereocenters. The predicted molar refractivity (Wildman–Crippen MR) is 62.0 cm³/mol. The van der Waals surface area contributed by atoms with Crippen LogP contribution in [0.2, 0.25) is 0 Å². The van der Waals surface area contributed by atoms with Gasteiger partial charge in [-0.15, -0.1) is 17.9 Å². The van der Waals surface area contributed by atoms with Gasteiger partial charge in [0.15, 0.2) is 0 Å². The lowest BCUT2D eigenvalue weighted by Crippen LogP contribution is -2.26. The zero-order valence-corrected chi connectivity index (χ0v) is 10.8. The van der Waals surface area contributed by atoms with Crippen molar-refractivity contribution in [2.24, 2.45) is 0 Å². The molecule has 0 radical (unpaired) electrons. The minimum atomic E-state index is -3.35. The van der Waals surface area contributed by atoms with Crippen LogP contribution in [0.25, 0.3) is 0 Å². The molecule has 0 aliphatic carbocycles. The van der Waals surface area contributed by atoms with Crippen molar-refractivity contribution in [2.45, 2.75) is 4.21 Å². The first-order chi connectivity index (χ1) is 6.50. The Labute approximate surface area is 96.2 Å². The van der Waals surface area contributed by atoms with Crippen molar-refractivity contribution in [3.8, 4) is 0 Å². The standard InChI is InChI=1S/C8H10BrNO2S2/c1-3-5-10(2)14(11,12)8-7(9)4-6-13-8/h3-4,6H,1,5H2,2H3. The lowest BCUT2D eigenvalue weighted by Gasteiger charge is -2.13. The van der Waals surface area contributed by atoms with Crippen LogP contribution < -0.4 is 0 Å². The lowest BCUT2D eigenvalue weighted by molar-refractivity contribution is 0.501. The maximum absolute atomic E-state index is 11.9. The molecule has 0 saturated carbocycles. The monoisotopic (exact) mass is 295 g/mol. The van der Waals surface area contributed by atoms with Gasteiger partial charge in [0.05, 0.1) is 0 Å². The Bertz CT molecular complexity index is 424. The third-order valence-corrected chi connectivity index (χ3v) is 6.09. The minimum Gasteiger partial charge on any atom is -0.206 e. The van der Waals surface area contributed by atoms with Gasteiger partial charge in [0.1, 0.15) is 4.21 Å². The van der Waals surface area contributed by atoms with Gasteiger partial charge in [-0.25, -0.2) is 8.42 Å². The highest BCUT2D eigenvalue weighted by molar-refractivity contribution is 9.10. The average Bonchev–Trinajstić information content (AvgIpc) is 2.52. The highest BCUT2D eigenvalue weighted by Crippen LogP contribution is 2.29. The van der Waals surface area contributed by atoms with Crippen LogP contribution in [0.3, 0.4) is 0 Å². The lowest BCUT2D eigenvalue weighted by atomic mass is 10.6. The number of likely N-dealkylation sites (N-methyl/N-ethyl adjacent to an activating group) is 1. The van der Waals surface area contributed by atoms with Crippen LogP contribution in [0, 0.1) is 0 Å². The summed E-state index contributed by atoms with van der Waals surface area (Å²) in [6.07, 6.45) is 1.55. The van der Waals surface area contributed by atoms with E-state index in [0.717, 1.165) is 0 Å². The van der Waals surface area contributed by atoms with Gasteiger partial charge < -0.3 is 0 Å². The fourth-order valence-corrected chi connectivity index (χ4v) is 4.53. The van der Waals surface area contributed by atoms with Crippen molar-refractivity contribution in [2.75, 3.05) is 13.6 Å². The van der Waals surface area contributed by atoms with E-state index < -0.39 is 10.0 Å². The molecule has 0 aromatic carbocycles. The normalized spacial score (nSPS) is 11.9. The maximum atomic E-state index is 11.9.